The molecule has 0 bridgehead atoms. The van der Waals surface area contributed by atoms with E-state index in [2.05, 4.69) is 35.6 Å². The van der Waals surface area contributed by atoms with E-state index >= 15 is 0 Å². The Hall–Kier alpha value is -2.90. The number of rotatable bonds is 6. The quantitative estimate of drug-likeness (QED) is 0.481. The minimum absolute atomic E-state index is 0.0134. The predicted octanol–water partition coefficient (Wildman–Crippen LogP) is 0.0951. The Labute approximate surface area is 155 Å². The van der Waals surface area contributed by atoms with Crippen LogP contribution in [-0.2, 0) is 14.3 Å². The number of aromatic nitrogens is 8. The largest absolute Gasteiger partial charge is 0.479 e. The van der Waals surface area contributed by atoms with E-state index in [1.807, 2.05) is 0 Å². The molecule has 1 aliphatic heterocycles. The van der Waals surface area contributed by atoms with Crippen LogP contribution in [0.15, 0.2) is 6.33 Å². The van der Waals surface area contributed by atoms with Crippen molar-refractivity contribution >= 4 is 34.6 Å². The summed E-state index contributed by atoms with van der Waals surface area (Å²) >= 11 is 5.87. The summed E-state index contributed by atoms with van der Waals surface area (Å²) in [5, 5.41) is 21.9. The van der Waals surface area contributed by atoms with E-state index in [1.54, 1.807) is 10.9 Å². The number of tetrazole rings is 1. The summed E-state index contributed by atoms with van der Waals surface area (Å²) in [7, 11) is 0. The Morgan fingerprint density at radius 1 is 1.52 bits per heavy atom. The molecule has 1 aliphatic rings. The van der Waals surface area contributed by atoms with Crippen molar-refractivity contribution in [3.05, 3.63) is 17.4 Å². The third-order valence-electron chi connectivity index (χ3n) is 4.10. The van der Waals surface area contributed by atoms with Crippen LogP contribution in [0.5, 0.6) is 0 Å². The van der Waals surface area contributed by atoms with Crippen LogP contribution in [0.3, 0.4) is 0 Å². The van der Waals surface area contributed by atoms with Gasteiger partial charge < -0.3 is 20.3 Å². The third-order valence-corrected chi connectivity index (χ3v) is 4.27. The van der Waals surface area contributed by atoms with Crippen molar-refractivity contribution in [2.45, 2.75) is 31.3 Å². The van der Waals surface area contributed by atoms with Gasteiger partial charge in [-0.15, -0.1) is 5.10 Å². The molecule has 0 unspecified atom stereocenters. The van der Waals surface area contributed by atoms with Gasteiger partial charge in [0, 0.05) is 0 Å². The van der Waals surface area contributed by atoms with Crippen molar-refractivity contribution in [2.75, 3.05) is 12.3 Å². The lowest BCUT2D eigenvalue weighted by atomic mass is 10.2. The Bertz CT molecular complexity index is 962. The molecule has 0 amide bonds. The Kier molecular flexibility index (Phi) is 4.55. The fraction of sp³-hybridized carbons (Fsp3) is 0.462. The van der Waals surface area contributed by atoms with Gasteiger partial charge in [0.15, 0.2) is 17.3 Å². The topological polar surface area (TPSA) is 180 Å². The maximum absolute atomic E-state index is 11.3. The van der Waals surface area contributed by atoms with Crippen LogP contribution in [0.1, 0.15) is 31.0 Å². The van der Waals surface area contributed by atoms with Crippen molar-refractivity contribution in [2.24, 2.45) is 0 Å². The van der Waals surface area contributed by atoms with Crippen molar-refractivity contribution in [3.63, 3.8) is 0 Å². The second-order valence-electron chi connectivity index (χ2n) is 5.83. The fourth-order valence-electron chi connectivity index (χ4n) is 2.88. The number of hydrogen-bond acceptors (Lipinski definition) is 10. The highest BCUT2D eigenvalue weighted by atomic mass is 35.5. The van der Waals surface area contributed by atoms with Gasteiger partial charge in [-0.3, -0.25) is 4.57 Å². The predicted molar refractivity (Wildman–Crippen MR) is 88.4 cm³/mol. The van der Waals surface area contributed by atoms with Crippen LogP contribution >= 0.6 is 11.6 Å². The molecule has 27 heavy (non-hydrogen) atoms. The molecule has 3 aromatic heterocycles. The van der Waals surface area contributed by atoms with Gasteiger partial charge in [-0.1, -0.05) is 0 Å². The molecule has 0 radical (unpaired) electrons. The van der Waals surface area contributed by atoms with Crippen molar-refractivity contribution in [3.8, 4) is 0 Å². The molecule has 4 rings (SSSR count). The average Bonchev–Trinajstić information content (AvgIpc) is 3.34. The van der Waals surface area contributed by atoms with Crippen molar-refractivity contribution in [1.82, 2.24) is 40.1 Å². The summed E-state index contributed by atoms with van der Waals surface area (Å²) in [6, 6.07) is 0. The first kappa shape index (κ1) is 17.5. The van der Waals surface area contributed by atoms with Crippen LogP contribution < -0.4 is 5.73 Å². The first-order valence-electron chi connectivity index (χ1n) is 7.92. The lowest BCUT2D eigenvalue weighted by Gasteiger charge is -2.17. The summed E-state index contributed by atoms with van der Waals surface area (Å²) in [6.45, 7) is 0.0542. The summed E-state index contributed by atoms with van der Waals surface area (Å²) in [4.78, 5) is 23.6. The van der Waals surface area contributed by atoms with E-state index in [9.17, 15) is 9.90 Å². The summed E-state index contributed by atoms with van der Waals surface area (Å²) in [5.74, 6) is -1.00. The number of imidazole rings is 1. The molecule has 1 saturated heterocycles. The number of nitrogens with zero attached hydrogens (tertiary/aromatic N) is 7. The number of aliphatic carboxylic acids is 1. The van der Waals surface area contributed by atoms with E-state index in [-0.39, 0.29) is 35.9 Å². The molecule has 4 N–H and O–H groups in total. The van der Waals surface area contributed by atoms with Gasteiger partial charge in [0.1, 0.15) is 11.7 Å². The van der Waals surface area contributed by atoms with Gasteiger partial charge in [0.25, 0.3) is 0 Å². The van der Waals surface area contributed by atoms with Gasteiger partial charge in [-0.2, -0.15) is 9.97 Å². The van der Waals surface area contributed by atoms with Gasteiger partial charge in [0.2, 0.25) is 11.4 Å². The molecule has 3 atom stereocenters. The van der Waals surface area contributed by atoms with Crippen molar-refractivity contribution < 1.29 is 19.4 Å². The summed E-state index contributed by atoms with van der Waals surface area (Å²) in [6.07, 6.45) is 0.884. The molecule has 0 saturated carbocycles. The molecule has 0 spiro atoms. The third kappa shape index (κ3) is 3.39. The van der Waals surface area contributed by atoms with Crippen LogP contribution in [0.4, 0.5) is 5.82 Å². The number of anilines is 1. The zero-order chi connectivity index (χ0) is 19.0. The Balaban J connectivity index is 1.44. The Morgan fingerprint density at radius 3 is 3.11 bits per heavy atom. The minimum Gasteiger partial charge on any atom is -0.479 e. The number of carboxylic acid groups (broad SMARTS) is 1. The van der Waals surface area contributed by atoms with E-state index in [0.717, 1.165) is 0 Å². The van der Waals surface area contributed by atoms with E-state index in [4.69, 9.17) is 26.8 Å². The number of halogens is 1. The Morgan fingerprint density at radius 2 is 2.37 bits per heavy atom. The summed E-state index contributed by atoms with van der Waals surface area (Å²) in [5.41, 5.74) is 6.71. The lowest BCUT2D eigenvalue weighted by molar-refractivity contribution is -0.154. The van der Waals surface area contributed by atoms with E-state index in [0.29, 0.717) is 24.0 Å². The zero-order valence-electron chi connectivity index (χ0n) is 13.7. The van der Waals surface area contributed by atoms with Crippen LogP contribution in [0.2, 0.25) is 5.28 Å². The number of H-pyrrole nitrogens is 1. The molecule has 14 heteroatoms. The molecule has 13 nitrogen and oxygen atoms in total. The highest BCUT2D eigenvalue weighted by Crippen LogP contribution is 2.32. The number of ether oxygens (including phenoxy) is 2. The molecular formula is C13H14ClN9O4. The smallest absolute Gasteiger partial charge is 0.340 e. The minimum atomic E-state index is -1.30. The number of hydrogen-bond donors (Lipinski definition) is 3. The number of nitrogens with two attached hydrogens (primary N) is 1. The van der Waals surface area contributed by atoms with Crippen LogP contribution in [-0.4, -0.2) is 63.9 Å². The molecule has 142 valence electrons. The zero-order valence-corrected chi connectivity index (χ0v) is 14.4. The standard InChI is InChI=1S/C13H14ClN9O4/c14-13-17-9(15)7-11(18-13)23(4-16-7)6-2-1-5(27-6)3-26-8(12(24)25)10-19-21-22-20-10/h4-6,8H,1-3H2,(H,24,25)(H2,15,17,18)(H,19,20,21,22)/t5-,6+,8+/m0/s1. The highest BCUT2D eigenvalue weighted by Gasteiger charge is 2.31. The number of fused-ring (bicyclic) bond motifs is 1. The molecule has 1 fully saturated rings. The lowest BCUT2D eigenvalue weighted by Crippen LogP contribution is -2.23. The molecule has 3 aromatic rings. The first-order valence-corrected chi connectivity index (χ1v) is 8.29. The van der Waals surface area contributed by atoms with Gasteiger partial charge in [0.05, 0.1) is 19.0 Å². The normalized spacial score (nSPS) is 20.9. The fourth-order valence-corrected chi connectivity index (χ4v) is 3.05. The second kappa shape index (κ2) is 7.02. The molecule has 4 heterocycles. The SMILES string of the molecule is Nc1nc(Cl)nc2c1ncn2[C@H]1CC[C@@H](CO[C@@H](C(=O)O)c2nnn[nH]2)O1. The number of nitrogen functional groups attached to an aromatic ring is 1. The first-order chi connectivity index (χ1) is 13.0. The van der Waals surface area contributed by atoms with E-state index in [1.165, 1.54) is 0 Å². The van der Waals surface area contributed by atoms with Crippen LogP contribution in [0.25, 0.3) is 11.2 Å². The van der Waals surface area contributed by atoms with E-state index < -0.39 is 12.1 Å². The molecule has 0 aliphatic carbocycles. The van der Waals surface area contributed by atoms with Crippen LogP contribution in [0, 0.1) is 0 Å². The van der Waals surface area contributed by atoms with Gasteiger partial charge in [-0.25, -0.2) is 14.9 Å². The van der Waals surface area contributed by atoms with Gasteiger partial charge >= 0.3 is 5.97 Å². The van der Waals surface area contributed by atoms with Crippen molar-refractivity contribution in [1.29, 1.82) is 0 Å². The van der Waals surface area contributed by atoms with Gasteiger partial charge in [-0.05, 0) is 34.9 Å². The average molecular weight is 396 g/mol. The second-order valence-corrected chi connectivity index (χ2v) is 6.17. The maximum atomic E-state index is 11.3. The highest BCUT2D eigenvalue weighted by molar-refractivity contribution is 6.28. The monoisotopic (exact) mass is 395 g/mol. The summed E-state index contributed by atoms with van der Waals surface area (Å²) < 4.78 is 13.1. The number of carboxylic acids is 1. The number of aromatic amines is 1. The number of carbonyl (C=O) groups is 1. The number of nitrogens with one attached hydrogen (secondary N) is 1. The maximum Gasteiger partial charge on any atom is 0.340 e. The molecule has 0 aromatic carbocycles. The molecular weight excluding hydrogens is 382 g/mol.